The Labute approximate surface area is 155 Å². The topological polar surface area (TPSA) is 0 Å². The van der Waals surface area contributed by atoms with Crippen LogP contribution in [0.1, 0.15) is 31.9 Å². The molecule has 0 saturated carbocycles. The first kappa shape index (κ1) is 18.7. The average Bonchev–Trinajstić information content (AvgIpc) is 2.59. The van der Waals surface area contributed by atoms with Gasteiger partial charge in [0.25, 0.3) is 0 Å². The number of rotatable bonds is 6. The van der Waals surface area contributed by atoms with E-state index in [1.165, 1.54) is 30.5 Å². The van der Waals surface area contributed by atoms with Gasteiger partial charge in [-0.1, -0.05) is 0 Å². The fourth-order valence-corrected chi connectivity index (χ4v) is 9.73. The minimum absolute atomic E-state index is 0.176. The summed E-state index contributed by atoms with van der Waals surface area (Å²) in [5, 5.41) is 3.88. The summed E-state index contributed by atoms with van der Waals surface area (Å²) in [6.45, 7) is 7.00. The van der Waals surface area contributed by atoms with Crippen molar-refractivity contribution in [3.05, 3.63) is 74.0 Å². The molecule has 0 unspecified atom stereocenters. The Bertz CT molecular complexity index is 599. The summed E-state index contributed by atoms with van der Waals surface area (Å²) in [6.07, 6.45) is 0. The molecule has 0 bridgehead atoms. The molecule has 0 heterocycles. The molecule has 0 aromatic heterocycles. The van der Waals surface area contributed by atoms with Gasteiger partial charge in [-0.3, -0.25) is 0 Å². The van der Waals surface area contributed by atoms with E-state index in [0.29, 0.717) is 0 Å². The van der Waals surface area contributed by atoms with Crippen molar-refractivity contribution < 1.29 is 4.39 Å². The molecule has 2 aromatic carbocycles. The van der Waals surface area contributed by atoms with Gasteiger partial charge in [-0.05, 0) is 0 Å². The third kappa shape index (κ3) is 4.69. The Hall–Kier alpha value is -0.617. The van der Waals surface area contributed by atoms with Crippen LogP contribution in [0, 0.1) is 9.39 Å². The molecular formula is C20H24FGeI. The Balaban J connectivity index is 2.59. The van der Waals surface area contributed by atoms with E-state index in [9.17, 15) is 4.39 Å². The van der Waals surface area contributed by atoms with E-state index in [1.54, 1.807) is 12.1 Å². The van der Waals surface area contributed by atoms with Crippen LogP contribution >= 0.6 is 22.6 Å². The Kier molecular flexibility index (Phi) is 6.89. The quantitative estimate of drug-likeness (QED) is 0.310. The van der Waals surface area contributed by atoms with Crippen LogP contribution in [0.15, 0.2) is 53.4 Å². The first-order valence-corrected chi connectivity index (χ1v) is 15.0. The number of benzene rings is 2. The minimum atomic E-state index is -2.00. The molecular weight excluding hydrogens is 459 g/mol. The van der Waals surface area contributed by atoms with Crippen molar-refractivity contribution in [3.8, 4) is 0 Å². The number of hydrogen-bond donors (Lipinski definition) is 0. The monoisotopic (exact) mass is 484 g/mol. The van der Waals surface area contributed by atoms with Crippen molar-refractivity contribution in [2.24, 2.45) is 0 Å². The average molecular weight is 483 g/mol. The van der Waals surface area contributed by atoms with Crippen LogP contribution in [0.25, 0.3) is 5.57 Å². The van der Waals surface area contributed by atoms with Crippen molar-refractivity contribution in [3.63, 3.8) is 0 Å². The van der Waals surface area contributed by atoms with E-state index in [1.807, 2.05) is 12.1 Å². The van der Waals surface area contributed by atoms with E-state index in [0.717, 1.165) is 5.56 Å². The molecule has 0 aliphatic heterocycles. The van der Waals surface area contributed by atoms with E-state index < -0.39 is 13.3 Å². The fourth-order valence-electron chi connectivity index (χ4n) is 2.95. The SMILES string of the molecule is C[CH2][Ge](/[CH]=C(/c1ccc(F)cc1)c1ccc(I)cc1)([CH2]C)[CH2]C. The van der Waals surface area contributed by atoms with Crippen molar-refractivity contribution in [1.82, 2.24) is 0 Å². The number of halogens is 2. The molecule has 0 aliphatic rings. The van der Waals surface area contributed by atoms with Crippen LogP contribution in [0.3, 0.4) is 0 Å². The van der Waals surface area contributed by atoms with Gasteiger partial charge in [0.1, 0.15) is 0 Å². The fraction of sp³-hybridized carbons (Fsp3) is 0.300. The molecule has 122 valence electrons. The van der Waals surface area contributed by atoms with Crippen molar-refractivity contribution >= 4 is 41.4 Å². The van der Waals surface area contributed by atoms with Crippen molar-refractivity contribution in [2.75, 3.05) is 0 Å². The molecule has 0 N–H and O–H groups in total. The van der Waals surface area contributed by atoms with E-state index in [-0.39, 0.29) is 5.82 Å². The molecule has 0 spiro atoms. The zero-order chi connectivity index (χ0) is 16.9. The van der Waals surface area contributed by atoms with Crippen LogP contribution in [0.2, 0.25) is 15.8 Å². The summed E-state index contributed by atoms with van der Waals surface area (Å²) in [7, 11) is 0. The predicted molar refractivity (Wildman–Crippen MR) is 110 cm³/mol. The normalized spacial score (nSPS) is 12.5. The summed E-state index contributed by atoms with van der Waals surface area (Å²) in [5.41, 5.74) is 3.65. The molecule has 0 saturated heterocycles. The zero-order valence-electron chi connectivity index (χ0n) is 14.1. The molecule has 0 nitrogen and oxygen atoms in total. The van der Waals surface area contributed by atoms with E-state index >= 15 is 0 Å². The summed E-state index contributed by atoms with van der Waals surface area (Å²) < 4.78 is 14.6. The van der Waals surface area contributed by atoms with Gasteiger partial charge in [0.15, 0.2) is 0 Å². The van der Waals surface area contributed by atoms with Crippen molar-refractivity contribution in [1.29, 1.82) is 0 Å². The standard InChI is InChI=1S/C20H24FGeI/c1-4-22(5-2,6-3)15-20(16-7-11-18(21)12-8-16)17-9-13-19(23)14-10-17/h7-15H,4-6H2,1-3H3/b20-15-. The summed E-state index contributed by atoms with van der Waals surface area (Å²) in [4.78, 5) is 2.59. The van der Waals surface area contributed by atoms with E-state index in [2.05, 4.69) is 72.5 Å². The molecule has 0 amide bonds. The second-order valence-electron chi connectivity index (χ2n) is 5.99. The van der Waals surface area contributed by atoms with Gasteiger partial charge >= 0.3 is 156 Å². The summed E-state index contributed by atoms with van der Waals surface area (Å²) in [6, 6.07) is 15.6. The first-order valence-electron chi connectivity index (χ1n) is 8.28. The van der Waals surface area contributed by atoms with Crippen LogP contribution in [0.5, 0.6) is 0 Å². The molecule has 0 atom stereocenters. The maximum atomic E-state index is 13.3. The van der Waals surface area contributed by atoms with Crippen LogP contribution < -0.4 is 0 Å². The van der Waals surface area contributed by atoms with Crippen LogP contribution in [0.4, 0.5) is 4.39 Å². The Morgan fingerprint density at radius 1 is 0.870 bits per heavy atom. The second-order valence-corrected chi connectivity index (χ2v) is 18.0. The third-order valence-electron chi connectivity index (χ3n) is 4.87. The summed E-state index contributed by atoms with van der Waals surface area (Å²) in [5.74, 6) is -0.176. The van der Waals surface area contributed by atoms with Gasteiger partial charge in [-0.15, -0.1) is 0 Å². The third-order valence-corrected chi connectivity index (χ3v) is 16.3. The second kappa shape index (κ2) is 8.47. The molecule has 0 radical (unpaired) electrons. The molecule has 0 aliphatic carbocycles. The van der Waals surface area contributed by atoms with E-state index in [4.69, 9.17) is 0 Å². The van der Waals surface area contributed by atoms with Gasteiger partial charge in [-0.2, -0.15) is 0 Å². The van der Waals surface area contributed by atoms with Gasteiger partial charge in [0, 0.05) is 0 Å². The maximum absolute atomic E-state index is 13.3. The Morgan fingerprint density at radius 3 is 1.74 bits per heavy atom. The molecule has 0 fully saturated rings. The first-order chi connectivity index (χ1) is 11.0. The predicted octanol–water partition coefficient (Wildman–Crippen LogP) is 6.91. The van der Waals surface area contributed by atoms with Crippen LogP contribution in [-0.2, 0) is 0 Å². The number of hydrogen-bond acceptors (Lipinski definition) is 0. The zero-order valence-corrected chi connectivity index (χ0v) is 18.3. The Morgan fingerprint density at radius 2 is 1.30 bits per heavy atom. The molecule has 3 heteroatoms. The van der Waals surface area contributed by atoms with Gasteiger partial charge in [0.05, 0.1) is 0 Å². The summed E-state index contributed by atoms with van der Waals surface area (Å²) >= 11 is 0.335. The van der Waals surface area contributed by atoms with Gasteiger partial charge in [-0.25, -0.2) is 0 Å². The molecule has 2 aromatic rings. The van der Waals surface area contributed by atoms with Crippen molar-refractivity contribution in [2.45, 2.75) is 36.5 Å². The van der Waals surface area contributed by atoms with Gasteiger partial charge in [0.2, 0.25) is 0 Å². The van der Waals surface area contributed by atoms with Crippen LogP contribution in [-0.4, -0.2) is 13.3 Å². The molecule has 2 rings (SSSR count). The molecule has 23 heavy (non-hydrogen) atoms. The van der Waals surface area contributed by atoms with Gasteiger partial charge < -0.3 is 0 Å².